The van der Waals surface area contributed by atoms with E-state index in [2.05, 4.69) is 0 Å². The first-order chi connectivity index (χ1) is 12.6. The molecule has 0 aromatic heterocycles. The zero-order chi connectivity index (χ0) is 20.3. The van der Waals surface area contributed by atoms with Crippen LogP contribution in [-0.4, -0.2) is 58.7 Å². The molecule has 0 saturated carbocycles. The standard InChI is InChI=1S/C20H26N2O5/c1-12(2)22(13(3)4)17(23)11-27-18(24)8-9-21-19(25)15-7-6-14(5)10-16(15)20(21)26/h6-7,10,12-13H,8-9,11H2,1-5H3. The highest BCUT2D eigenvalue weighted by molar-refractivity contribution is 6.21. The molecule has 1 aromatic carbocycles. The minimum atomic E-state index is -0.622. The van der Waals surface area contributed by atoms with Gasteiger partial charge in [0, 0.05) is 18.6 Å². The number of imide groups is 1. The minimum Gasteiger partial charge on any atom is -0.456 e. The van der Waals surface area contributed by atoms with Crippen LogP contribution >= 0.6 is 0 Å². The van der Waals surface area contributed by atoms with Gasteiger partial charge >= 0.3 is 5.97 Å². The van der Waals surface area contributed by atoms with E-state index in [0.29, 0.717) is 11.1 Å². The number of carbonyl (C=O) groups is 4. The Bertz CT molecular complexity index is 762. The third-order valence-corrected chi connectivity index (χ3v) is 4.42. The van der Waals surface area contributed by atoms with Gasteiger partial charge in [-0.05, 0) is 46.8 Å². The quantitative estimate of drug-likeness (QED) is 0.539. The van der Waals surface area contributed by atoms with E-state index in [-0.39, 0.29) is 37.6 Å². The number of hydrogen-bond donors (Lipinski definition) is 0. The second-order valence-electron chi connectivity index (χ2n) is 7.21. The number of aryl methyl sites for hydroxylation is 1. The van der Waals surface area contributed by atoms with Crippen molar-refractivity contribution >= 4 is 23.7 Å². The van der Waals surface area contributed by atoms with Gasteiger partial charge in [-0.3, -0.25) is 24.1 Å². The predicted octanol–water partition coefficient (Wildman–Crippen LogP) is 2.17. The molecule has 0 fully saturated rings. The second kappa shape index (κ2) is 8.33. The van der Waals surface area contributed by atoms with Crippen LogP contribution in [0.3, 0.4) is 0 Å². The maximum absolute atomic E-state index is 12.4. The van der Waals surface area contributed by atoms with E-state index < -0.39 is 17.8 Å². The number of ether oxygens (including phenoxy) is 1. The molecule has 7 heteroatoms. The molecule has 1 aromatic rings. The van der Waals surface area contributed by atoms with Crippen molar-refractivity contribution in [2.75, 3.05) is 13.2 Å². The van der Waals surface area contributed by atoms with Crippen LogP contribution < -0.4 is 0 Å². The van der Waals surface area contributed by atoms with Gasteiger partial charge in [-0.2, -0.15) is 0 Å². The fourth-order valence-electron chi connectivity index (χ4n) is 3.27. The molecule has 0 aliphatic carbocycles. The number of benzene rings is 1. The van der Waals surface area contributed by atoms with Gasteiger partial charge in [-0.1, -0.05) is 11.6 Å². The van der Waals surface area contributed by atoms with Crippen LogP contribution in [0.25, 0.3) is 0 Å². The lowest BCUT2D eigenvalue weighted by Gasteiger charge is -2.30. The Balaban J connectivity index is 1.89. The van der Waals surface area contributed by atoms with Crippen molar-refractivity contribution in [3.05, 3.63) is 34.9 Å². The van der Waals surface area contributed by atoms with E-state index in [1.807, 2.05) is 34.6 Å². The summed E-state index contributed by atoms with van der Waals surface area (Å²) in [4.78, 5) is 51.6. The van der Waals surface area contributed by atoms with Gasteiger partial charge in [-0.15, -0.1) is 0 Å². The van der Waals surface area contributed by atoms with Crippen molar-refractivity contribution in [2.24, 2.45) is 0 Å². The van der Waals surface area contributed by atoms with E-state index in [1.165, 1.54) is 0 Å². The first kappa shape index (κ1) is 20.6. The van der Waals surface area contributed by atoms with Crippen molar-refractivity contribution < 1.29 is 23.9 Å². The number of amides is 3. The van der Waals surface area contributed by atoms with Crippen molar-refractivity contribution in [3.63, 3.8) is 0 Å². The van der Waals surface area contributed by atoms with E-state index in [4.69, 9.17) is 4.74 Å². The lowest BCUT2D eigenvalue weighted by atomic mass is 10.1. The Hall–Kier alpha value is -2.70. The van der Waals surface area contributed by atoms with Crippen LogP contribution in [0.4, 0.5) is 0 Å². The summed E-state index contributed by atoms with van der Waals surface area (Å²) in [5.41, 5.74) is 1.58. The molecule has 0 unspecified atom stereocenters. The minimum absolute atomic E-state index is 0.00185. The number of nitrogens with zero attached hydrogens (tertiary/aromatic N) is 2. The van der Waals surface area contributed by atoms with Crippen LogP contribution in [0.1, 0.15) is 60.4 Å². The van der Waals surface area contributed by atoms with Gasteiger partial charge in [0.05, 0.1) is 17.5 Å². The zero-order valence-electron chi connectivity index (χ0n) is 16.4. The molecule has 2 rings (SSSR count). The molecule has 0 saturated heterocycles. The van der Waals surface area contributed by atoms with Gasteiger partial charge in [-0.25, -0.2) is 0 Å². The summed E-state index contributed by atoms with van der Waals surface area (Å²) >= 11 is 0. The van der Waals surface area contributed by atoms with Crippen LogP contribution in [0.2, 0.25) is 0 Å². The normalized spacial score (nSPS) is 13.4. The smallest absolute Gasteiger partial charge is 0.308 e. The number of esters is 1. The molecule has 0 spiro atoms. The van der Waals surface area contributed by atoms with Crippen molar-refractivity contribution in [1.29, 1.82) is 0 Å². The van der Waals surface area contributed by atoms with Crippen molar-refractivity contribution in [3.8, 4) is 0 Å². The summed E-state index contributed by atoms with van der Waals surface area (Å²) in [5.74, 6) is -1.72. The van der Waals surface area contributed by atoms with Crippen LogP contribution in [0.5, 0.6) is 0 Å². The van der Waals surface area contributed by atoms with Gasteiger partial charge in [0.25, 0.3) is 17.7 Å². The second-order valence-corrected chi connectivity index (χ2v) is 7.21. The molecule has 1 aliphatic rings. The molecule has 1 aliphatic heterocycles. The summed E-state index contributed by atoms with van der Waals surface area (Å²) in [7, 11) is 0. The lowest BCUT2D eigenvalue weighted by Crippen LogP contribution is -2.44. The van der Waals surface area contributed by atoms with Gasteiger partial charge < -0.3 is 9.64 Å². The Kier molecular flexibility index (Phi) is 6.36. The average molecular weight is 374 g/mol. The van der Waals surface area contributed by atoms with E-state index in [1.54, 1.807) is 23.1 Å². The molecule has 27 heavy (non-hydrogen) atoms. The summed E-state index contributed by atoms with van der Waals surface area (Å²) in [5, 5.41) is 0. The molecule has 146 valence electrons. The van der Waals surface area contributed by atoms with Gasteiger partial charge in [0.15, 0.2) is 6.61 Å². The predicted molar refractivity (Wildman–Crippen MR) is 99.2 cm³/mol. The monoisotopic (exact) mass is 374 g/mol. The van der Waals surface area contributed by atoms with Gasteiger partial charge in [0.2, 0.25) is 0 Å². The maximum atomic E-state index is 12.4. The fraction of sp³-hybridized carbons (Fsp3) is 0.500. The summed E-state index contributed by atoms with van der Waals surface area (Å²) in [6, 6.07) is 5.05. The van der Waals surface area contributed by atoms with E-state index in [0.717, 1.165) is 10.5 Å². The Morgan fingerprint density at radius 2 is 1.63 bits per heavy atom. The zero-order valence-corrected chi connectivity index (χ0v) is 16.4. The largest absolute Gasteiger partial charge is 0.456 e. The van der Waals surface area contributed by atoms with Crippen molar-refractivity contribution in [2.45, 2.75) is 53.1 Å². The molecule has 0 N–H and O–H groups in total. The number of hydrogen-bond acceptors (Lipinski definition) is 5. The molecule has 0 bridgehead atoms. The fourth-order valence-corrected chi connectivity index (χ4v) is 3.27. The SMILES string of the molecule is Cc1ccc2c(c1)C(=O)N(CCC(=O)OCC(=O)N(C(C)C)C(C)C)C2=O. The molecular formula is C20H26N2O5. The molecule has 3 amide bonds. The van der Waals surface area contributed by atoms with Crippen molar-refractivity contribution in [1.82, 2.24) is 9.80 Å². The first-order valence-corrected chi connectivity index (χ1v) is 9.07. The topological polar surface area (TPSA) is 84.0 Å². The highest BCUT2D eigenvalue weighted by Crippen LogP contribution is 2.24. The van der Waals surface area contributed by atoms with Crippen LogP contribution in [-0.2, 0) is 14.3 Å². The molecule has 1 heterocycles. The number of rotatable bonds is 7. The lowest BCUT2D eigenvalue weighted by molar-refractivity contribution is -0.153. The number of carbonyl (C=O) groups excluding carboxylic acids is 4. The summed E-state index contributed by atoms with van der Waals surface area (Å²) in [6.45, 7) is 8.99. The molecule has 0 atom stereocenters. The molecular weight excluding hydrogens is 348 g/mol. The van der Waals surface area contributed by atoms with Gasteiger partial charge in [0.1, 0.15) is 0 Å². The molecule has 7 nitrogen and oxygen atoms in total. The van der Waals surface area contributed by atoms with Crippen LogP contribution in [0.15, 0.2) is 18.2 Å². The highest BCUT2D eigenvalue weighted by atomic mass is 16.5. The first-order valence-electron chi connectivity index (χ1n) is 9.07. The van der Waals surface area contributed by atoms with E-state index in [9.17, 15) is 19.2 Å². The average Bonchev–Trinajstić information content (AvgIpc) is 2.81. The Morgan fingerprint density at radius 3 is 2.22 bits per heavy atom. The Labute approximate surface area is 159 Å². The third-order valence-electron chi connectivity index (χ3n) is 4.42. The van der Waals surface area contributed by atoms with E-state index >= 15 is 0 Å². The van der Waals surface area contributed by atoms with Crippen LogP contribution in [0, 0.1) is 6.92 Å². The number of fused-ring (bicyclic) bond motifs is 1. The summed E-state index contributed by atoms with van der Waals surface area (Å²) in [6.07, 6.45) is -0.152. The Morgan fingerprint density at radius 1 is 1.04 bits per heavy atom. The molecule has 0 radical (unpaired) electrons. The maximum Gasteiger partial charge on any atom is 0.308 e. The summed E-state index contributed by atoms with van der Waals surface area (Å²) < 4.78 is 5.03. The third kappa shape index (κ3) is 4.53. The highest BCUT2D eigenvalue weighted by Gasteiger charge is 2.35.